The molecular weight excluding hydrogens is 1130 g/mol. The summed E-state index contributed by atoms with van der Waals surface area (Å²) in [5, 5.41) is 10.5. The number of rotatable bonds is 62. The molecule has 0 aliphatic heterocycles. The maximum absolute atomic E-state index is 13.0. The van der Waals surface area contributed by atoms with Crippen LogP contribution < -0.4 is 0 Å². The van der Waals surface area contributed by atoms with E-state index < -0.39 is 97.5 Å². The van der Waals surface area contributed by atoms with Crippen molar-refractivity contribution in [3.63, 3.8) is 0 Å². The third kappa shape index (κ3) is 60.2. The average Bonchev–Trinajstić information content (AvgIpc) is 3.57. The molecule has 0 radical (unpaired) electrons. The minimum Gasteiger partial charge on any atom is -0.462 e. The van der Waals surface area contributed by atoms with Crippen LogP contribution in [0.5, 0.6) is 0 Å². The highest BCUT2D eigenvalue weighted by Gasteiger charge is 2.30. The van der Waals surface area contributed by atoms with Gasteiger partial charge in [-0.3, -0.25) is 37.3 Å². The van der Waals surface area contributed by atoms with Crippen molar-refractivity contribution in [2.45, 2.75) is 317 Å². The van der Waals surface area contributed by atoms with Crippen LogP contribution in [0.15, 0.2) is 24.3 Å². The highest BCUT2D eigenvalue weighted by molar-refractivity contribution is 7.47. The molecule has 0 aliphatic carbocycles. The Balaban J connectivity index is 5.26. The fourth-order valence-electron chi connectivity index (χ4n) is 9.29. The van der Waals surface area contributed by atoms with Crippen LogP contribution in [0.3, 0.4) is 0 Å². The molecule has 17 nitrogen and oxygen atoms in total. The highest BCUT2D eigenvalue weighted by Crippen LogP contribution is 2.45. The lowest BCUT2D eigenvalue weighted by Crippen LogP contribution is -2.30. The van der Waals surface area contributed by atoms with Gasteiger partial charge in [-0.25, -0.2) is 9.13 Å². The van der Waals surface area contributed by atoms with Gasteiger partial charge in [0.2, 0.25) is 0 Å². The molecule has 0 heterocycles. The molecule has 0 aromatic rings. The van der Waals surface area contributed by atoms with Crippen LogP contribution in [0.2, 0.25) is 0 Å². The molecule has 0 aliphatic rings. The third-order valence-corrected chi connectivity index (χ3v) is 16.4. The van der Waals surface area contributed by atoms with Gasteiger partial charge in [-0.2, -0.15) is 0 Å². The highest BCUT2D eigenvalue weighted by atomic mass is 31.2. The maximum Gasteiger partial charge on any atom is 0.472 e. The summed E-state index contributed by atoms with van der Waals surface area (Å²) in [5.41, 5.74) is 0. The van der Waals surface area contributed by atoms with E-state index in [2.05, 4.69) is 72.8 Å². The van der Waals surface area contributed by atoms with Gasteiger partial charge >= 0.3 is 39.5 Å². The number of aliphatic hydroxyl groups excluding tert-OH is 1. The monoisotopic (exact) mass is 1250 g/mol. The second-order valence-corrected chi connectivity index (χ2v) is 27.5. The second kappa shape index (κ2) is 56.8. The number of hydrogen-bond donors (Lipinski definition) is 3. The number of carbonyl (C=O) groups is 4. The van der Waals surface area contributed by atoms with Crippen molar-refractivity contribution in [1.82, 2.24) is 0 Å². The fraction of sp³-hybridized carbons (Fsp3) is 0.879. The predicted molar refractivity (Wildman–Crippen MR) is 340 cm³/mol. The standard InChI is InChI=1S/C66H124O17P2/c1-8-9-10-11-12-13-14-15-16-17-18-21-24-33-40-47-63(68)76-53-61(82-65(70)49-42-35-25-22-19-20-23-30-37-44-57(2)3)55-80-84(72,73)78-51-60(67)52-79-85(74,75)81-56-62(83-66(71)50-43-36-29-27-32-39-46-59(6)7)54-77-64(69)48-41-34-28-26-31-38-45-58(4)5/h13-16,57-62,67H,8-12,17-56H2,1-7H3,(H,72,73)(H,74,75)/b14-13-,16-15-/t60-,61-,62-/m1/s1. The van der Waals surface area contributed by atoms with Crippen LogP contribution in [0.1, 0.15) is 299 Å². The van der Waals surface area contributed by atoms with E-state index in [0.717, 1.165) is 121 Å². The van der Waals surface area contributed by atoms with E-state index in [1.807, 2.05) is 0 Å². The summed E-state index contributed by atoms with van der Waals surface area (Å²) in [7, 11) is -9.90. The topological polar surface area (TPSA) is 237 Å². The van der Waals surface area contributed by atoms with Gasteiger partial charge in [-0.1, -0.05) is 246 Å². The minimum absolute atomic E-state index is 0.0976. The number of ether oxygens (including phenoxy) is 4. The van der Waals surface area contributed by atoms with Gasteiger partial charge in [0.15, 0.2) is 12.2 Å². The minimum atomic E-state index is -4.95. The summed E-state index contributed by atoms with van der Waals surface area (Å²) in [4.78, 5) is 72.2. The van der Waals surface area contributed by atoms with Crippen molar-refractivity contribution in [2.75, 3.05) is 39.6 Å². The number of carbonyl (C=O) groups excluding carboxylic acids is 4. The molecule has 3 N–H and O–H groups in total. The summed E-state index contributed by atoms with van der Waals surface area (Å²) in [6.45, 7) is 11.5. The number of unbranched alkanes of at least 4 members (excludes halogenated alkanes) is 27. The van der Waals surface area contributed by atoms with Crippen molar-refractivity contribution >= 4 is 39.5 Å². The Hall–Kier alpha value is -2.46. The van der Waals surface area contributed by atoms with Crippen LogP contribution in [0.4, 0.5) is 0 Å². The molecule has 0 fully saturated rings. The lowest BCUT2D eigenvalue weighted by atomic mass is 10.0. The molecule has 0 spiro atoms. The first-order valence-electron chi connectivity index (χ1n) is 33.7. The quantitative estimate of drug-likeness (QED) is 0.0169. The molecule has 2 unspecified atom stereocenters. The van der Waals surface area contributed by atoms with Crippen molar-refractivity contribution in [1.29, 1.82) is 0 Å². The predicted octanol–water partition coefficient (Wildman–Crippen LogP) is 17.8. The maximum atomic E-state index is 13.0. The SMILES string of the molecule is CCCCCC/C=C\C=C/CCCCCCCC(=O)OC[C@H](COP(=O)(O)OC[C@@H](O)COP(=O)(O)OC[C@@H](COC(=O)CCCCCCCCC(C)C)OC(=O)CCCCCCCCC(C)C)OC(=O)CCCCCCCCCCCC(C)C. The van der Waals surface area contributed by atoms with Crippen molar-refractivity contribution in [2.24, 2.45) is 17.8 Å². The van der Waals surface area contributed by atoms with Crippen LogP contribution in [0, 0.1) is 17.8 Å². The molecule has 0 saturated carbocycles. The largest absolute Gasteiger partial charge is 0.472 e. The van der Waals surface area contributed by atoms with E-state index in [0.29, 0.717) is 37.5 Å². The Kier molecular flexibility index (Phi) is 55.1. The van der Waals surface area contributed by atoms with E-state index >= 15 is 0 Å². The molecule has 5 atom stereocenters. The first-order chi connectivity index (χ1) is 40.7. The number of phosphoric ester groups is 2. The lowest BCUT2D eigenvalue weighted by Gasteiger charge is -2.21. The molecule has 500 valence electrons. The summed E-state index contributed by atoms with van der Waals surface area (Å²) in [5.74, 6) is -0.0912. The van der Waals surface area contributed by atoms with Crippen molar-refractivity contribution in [3.8, 4) is 0 Å². The molecule has 19 heteroatoms. The Morgan fingerprint density at radius 2 is 0.635 bits per heavy atom. The Bertz CT molecular complexity index is 1770. The van der Waals surface area contributed by atoms with Crippen LogP contribution in [-0.2, 0) is 65.4 Å². The summed E-state index contributed by atoms with van der Waals surface area (Å²) in [6, 6.07) is 0. The van der Waals surface area contributed by atoms with E-state index in [-0.39, 0.29) is 25.7 Å². The van der Waals surface area contributed by atoms with Crippen LogP contribution >= 0.6 is 15.6 Å². The molecular formula is C66H124O17P2. The number of esters is 4. The number of aliphatic hydroxyl groups is 1. The second-order valence-electron chi connectivity index (χ2n) is 24.6. The fourth-order valence-corrected chi connectivity index (χ4v) is 10.9. The van der Waals surface area contributed by atoms with Gasteiger partial charge in [0, 0.05) is 25.7 Å². The number of hydrogen-bond acceptors (Lipinski definition) is 15. The lowest BCUT2D eigenvalue weighted by molar-refractivity contribution is -0.161. The van der Waals surface area contributed by atoms with E-state index in [1.165, 1.54) is 83.5 Å². The zero-order valence-corrected chi connectivity index (χ0v) is 56.3. The molecule has 0 bridgehead atoms. The van der Waals surface area contributed by atoms with Gasteiger partial charge in [0.1, 0.15) is 19.3 Å². The normalized spacial score (nSPS) is 14.5. The molecule has 0 aromatic carbocycles. The van der Waals surface area contributed by atoms with E-state index in [4.69, 9.17) is 37.0 Å². The average molecular weight is 1250 g/mol. The molecule has 0 aromatic heterocycles. The zero-order chi connectivity index (χ0) is 63.1. The molecule has 0 rings (SSSR count). The smallest absolute Gasteiger partial charge is 0.462 e. The van der Waals surface area contributed by atoms with Gasteiger partial charge in [-0.15, -0.1) is 0 Å². The van der Waals surface area contributed by atoms with Gasteiger partial charge in [0.25, 0.3) is 0 Å². The van der Waals surface area contributed by atoms with Crippen LogP contribution in [0.25, 0.3) is 0 Å². The summed E-state index contributed by atoms with van der Waals surface area (Å²) >= 11 is 0. The van der Waals surface area contributed by atoms with Crippen molar-refractivity contribution in [3.05, 3.63) is 24.3 Å². The van der Waals surface area contributed by atoms with Crippen LogP contribution in [-0.4, -0.2) is 96.7 Å². The third-order valence-electron chi connectivity index (χ3n) is 14.5. The molecule has 85 heavy (non-hydrogen) atoms. The van der Waals surface area contributed by atoms with Gasteiger partial charge < -0.3 is 33.8 Å². The first-order valence-corrected chi connectivity index (χ1v) is 36.7. The van der Waals surface area contributed by atoms with E-state index in [1.54, 1.807) is 0 Å². The zero-order valence-electron chi connectivity index (χ0n) is 54.5. The van der Waals surface area contributed by atoms with Gasteiger partial charge in [-0.05, 0) is 69.1 Å². The summed E-state index contributed by atoms with van der Waals surface area (Å²) < 4.78 is 68.0. The molecule has 0 saturated heterocycles. The number of allylic oxidation sites excluding steroid dienone is 4. The number of phosphoric acid groups is 2. The Labute approximate surface area is 516 Å². The van der Waals surface area contributed by atoms with Gasteiger partial charge in [0.05, 0.1) is 26.4 Å². The van der Waals surface area contributed by atoms with E-state index in [9.17, 15) is 43.2 Å². The Morgan fingerprint density at radius 1 is 0.365 bits per heavy atom. The molecule has 0 amide bonds. The summed E-state index contributed by atoms with van der Waals surface area (Å²) in [6.07, 6.45) is 41.5. The van der Waals surface area contributed by atoms with Crippen molar-refractivity contribution < 1.29 is 80.2 Å². The first kappa shape index (κ1) is 82.5. The Morgan fingerprint density at radius 3 is 0.953 bits per heavy atom.